The second kappa shape index (κ2) is 3.41. The monoisotopic (exact) mass is 184 g/mol. The topological polar surface area (TPSA) is 25.4 Å². The highest BCUT2D eigenvalue weighted by molar-refractivity contribution is 7.03. The van der Waals surface area contributed by atoms with E-state index in [1.54, 1.807) is 0 Å². The van der Waals surface area contributed by atoms with Crippen molar-refractivity contribution in [1.82, 2.24) is 4.37 Å². The molecule has 12 heavy (non-hydrogen) atoms. The van der Waals surface area contributed by atoms with E-state index in [-0.39, 0.29) is 0 Å². The lowest BCUT2D eigenvalue weighted by molar-refractivity contribution is 0.0986. The molecule has 0 aromatic carbocycles. The predicted octanol–water partition coefficient (Wildman–Crippen LogP) is 1.37. The van der Waals surface area contributed by atoms with E-state index in [1.807, 2.05) is 5.38 Å². The molecule has 1 atom stereocenters. The quantitative estimate of drug-likeness (QED) is 0.659. The third-order valence-corrected chi connectivity index (χ3v) is 2.64. The second-order valence-corrected chi connectivity index (χ2v) is 3.64. The van der Waals surface area contributed by atoms with Gasteiger partial charge in [0.2, 0.25) is 0 Å². The molecule has 2 heterocycles. The lowest BCUT2D eigenvalue weighted by atomic mass is 10.2. The number of anilines is 1. The van der Waals surface area contributed by atoms with E-state index in [0.29, 0.717) is 6.04 Å². The Morgan fingerprint density at radius 1 is 1.75 bits per heavy atom. The Morgan fingerprint density at radius 2 is 2.67 bits per heavy atom. The number of hydrogen-bond donors (Lipinski definition) is 0. The maximum atomic E-state index is 5.34. The van der Waals surface area contributed by atoms with Crippen molar-refractivity contribution in [3.8, 4) is 0 Å². The molecule has 0 saturated carbocycles. The van der Waals surface area contributed by atoms with Gasteiger partial charge in [0.1, 0.15) is 5.82 Å². The summed E-state index contributed by atoms with van der Waals surface area (Å²) in [5.41, 5.74) is 0. The lowest BCUT2D eigenvalue weighted by Gasteiger charge is -2.33. The van der Waals surface area contributed by atoms with Crippen LogP contribution in [0.2, 0.25) is 0 Å². The zero-order valence-corrected chi connectivity index (χ0v) is 7.88. The fourth-order valence-corrected chi connectivity index (χ4v) is 1.94. The first-order valence-electron chi connectivity index (χ1n) is 4.12. The molecule has 66 valence electrons. The molecular formula is C8H12N2OS. The molecule has 1 aromatic rings. The van der Waals surface area contributed by atoms with Gasteiger partial charge in [0.25, 0.3) is 0 Å². The van der Waals surface area contributed by atoms with Crippen molar-refractivity contribution in [3.05, 3.63) is 11.4 Å². The van der Waals surface area contributed by atoms with E-state index in [9.17, 15) is 0 Å². The van der Waals surface area contributed by atoms with E-state index >= 15 is 0 Å². The summed E-state index contributed by atoms with van der Waals surface area (Å²) >= 11 is 1.50. The van der Waals surface area contributed by atoms with Gasteiger partial charge in [-0.05, 0) is 24.5 Å². The summed E-state index contributed by atoms with van der Waals surface area (Å²) in [5, 5.41) is 2.01. The summed E-state index contributed by atoms with van der Waals surface area (Å²) in [5.74, 6) is 1.09. The zero-order valence-electron chi connectivity index (χ0n) is 7.06. The average Bonchev–Trinajstić information content (AvgIpc) is 2.57. The average molecular weight is 184 g/mol. The Morgan fingerprint density at radius 3 is 3.33 bits per heavy atom. The van der Waals surface area contributed by atoms with Gasteiger partial charge < -0.3 is 9.64 Å². The molecule has 2 rings (SSSR count). The van der Waals surface area contributed by atoms with E-state index < -0.39 is 0 Å². The van der Waals surface area contributed by atoms with Crippen LogP contribution < -0.4 is 4.90 Å². The molecular weight excluding hydrogens is 172 g/mol. The Kier molecular flexibility index (Phi) is 2.28. The first-order chi connectivity index (χ1) is 5.88. The Hall–Kier alpha value is -0.610. The fraction of sp³-hybridized carbons (Fsp3) is 0.625. The maximum Gasteiger partial charge on any atom is 0.142 e. The first-order valence-corrected chi connectivity index (χ1v) is 4.96. The van der Waals surface area contributed by atoms with Gasteiger partial charge in [-0.2, -0.15) is 4.37 Å². The van der Waals surface area contributed by atoms with Crippen molar-refractivity contribution in [3.63, 3.8) is 0 Å². The van der Waals surface area contributed by atoms with E-state index in [0.717, 1.165) is 25.6 Å². The number of rotatable bonds is 1. The minimum absolute atomic E-state index is 0.459. The van der Waals surface area contributed by atoms with Crippen LogP contribution in [0.25, 0.3) is 0 Å². The van der Waals surface area contributed by atoms with Gasteiger partial charge in [-0.1, -0.05) is 0 Å². The van der Waals surface area contributed by atoms with Gasteiger partial charge in [0.15, 0.2) is 0 Å². The minimum Gasteiger partial charge on any atom is -0.377 e. The minimum atomic E-state index is 0.459. The summed E-state index contributed by atoms with van der Waals surface area (Å²) in [6, 6.07) is 2.52. The van der Waals surface area contributed by atoms with Crippen molar-refractivity contribution in [2.75, 3.05) is 24.7 Å². The number of nitrogens with zero attached hydrogens (tertiary/aromatic N) is 2. The van der Waals surface area contributed by atoms with Crippen LogP contribution in [0, 0.1) is 0 Å². The SMILES string of the molecule is CC1COCCN1c1ccsn1. The summed E-state index contributed by atoms with van der Waals surface area (Å²) in [4.78, 5) is 2.29. The third-order valence-electron chi connectivity index (χ3n) is 2.09. The Balaban J connectivity index is 2.11. The molecule has 0 aliphatic carbocycles. The largest absolute Gasteiger partial charge is 0.377 e. The van der Waals surface area contributed by atoms with Crippen LogP contribution in [0.1, 0.15) is 6.92 Å². The van der Waals surface area contributed by atoms with Crippen molar-refractivity contribution in [1.29, 1.82) is 0 Å². The maximum absolute atomic E-state index is 5.34. The summed E-state index contributed by atoms with van der Waals surface area (Å²) < 4.78 is 9.65. The molecule has 1 aliphatic rings. The van der Waals surface area contributed by atoms with Gasteiger partial charge in [-0.3, -0.25) is 0 Å². The van der Waals surface area contributed by atoms with Gasteiger partial charge in [0.05, 0.1) is 19.3 Å². The Bertz CT molecular complexity index is 237. The van der Waals surface area contributed by atoms with Gasteiger partial charge in [-0.25, -0.2) is 0 Å². The molecule has 1 saturated heterocycles. The third kappa shape index (κ3) is 1.44. The molecule has 0 radical (unpaired) electrons. The molecule has 0 spiro atoms. The van der Waals surface area contributed by atoms with E-state index in [1.165, 1.54) is 11.5 Å². The molecule has 1 unspecified atom stereocenters. The number of morpholine rings is 1. The van der Waals surface area contributed by atoms with Gasteiger partial charge in [-0.15, -0.1) is 0 Å². The smallest absolute Gasteiger partial charge is 0.142 e. The summed E-state index contributed by atoms with van der Waals surface area (Å²) in [6.07, 6.45) is 0. The fourth-order valence-electron chi connectivity index (χ4n) is 1.42. The highest BCUT2D eigenvalue weighted by atomic mass is 32.1. The molecule has 0 bridgehead atoms. The predicted molar refractivity (Wildman–Crippen MR) is 49.7 cm³/mol. The van der Waals surface area contributed by atoms with Crippen molar-refractivity contribution >= 4 is 17.4 Å². The van der Waals surface area contributed by atoms with Crippen LogP contribution in [-0.2, 0) is 4.74 Å². The molecule has 4 heteroatoms. The highest BCUT2D eigenvalue weighted by Gasteiger charge is 2.19. The zero-order chi connectivity index (χ0) is 8.39. The van der Waals surface area contributed by atoms with Crippen LogP contribution in [0.5, 0.6) is 0 Å². The van der Waals surface area contributed by atoms with Gasteiger partial charge in [0, 0.05) is 11.9 Å². The van der Waals surface area contributed by atoms with Crippen LogP contribution in [0.3, 0.4) is 0 Å². The molecule has 1 fully saturated rings. The van der Waals surface area contributed by atoms with E-state index in [4.69, 9.17) is 4.74 Å². The number of aromatic nitrogens is 1. The normalized spacial score (nSPS) is 24.4. The van der Waals surface area contributed by atoms with Crippen molar-refractivity contribution in [2.45, 2.75) is 13.0 Å². The number of hydrogen-bond acceptors (Lipinski definition) is 4. The second-order valence-electron chi connectivity index (χ2n) is 2.97. The molecule has 1 aromatic heterocycles. The van der Waals surface area contributed by atoms with Crippen LogP contribution in [0.4, 0.5) is 5.82 Å². The highest BCUT2D eigenvalue weighted by Crippen LogP contribution is 2.18. The van der Waals surface area contributed by atoms with Crippen LogP contribution >= 0.6 is 11.5 Å². The molecule has 0 N–H and O–H groups in total. The van der Waals surface area contributed by atoms with Crippen molar-refractivity contribution < 1.29 is 4.74 Å². The van der Waals surface area contributed by atoms with E-state index in [2.05, 4.69) is 22.3 Å². The molecule has 0 amide bonds. The summed E-state index contributed by atoms with van der Waals surface area (Å²) in [7, 11) is 0. The molecule has 3 nitrogen and oxygen atoms in total. The summed E-state index contributed by atoms with van der Waals surface area (Å²) in [6.45, 7) is 4.77. The standard InChI is InChI=1S/C8H12N2OS/c1-7-6-11-4-3-10(7)8-2-5-12-9-8/h2,5,7H,3-4,6H2,1H3. The lowest BCUT2D eigenvalue weighted by Crippen LogP contribution is -2.43. The first kappa shape index (κ1) is 8.01. The molecule has 1 aliphatic heterocycles. The van der Waals surface area contributed by atoms with Crippen LogP contribution in [0.15, 0.2) is 11.4 Å². The Labute approximate surface area is 76.1 Å². The number of ether oxygens (including phenoxy) is 1. The van der Waals surface area contributed by atoms with Crippen molar-refractivity contribution in [2.24, 2.45) is 0 Å². The van der Waals surface area contributed by atoms with Gasteiger partial charge >= 0.3 is 0 Å². The van der Waals surface area contributed by atoms with Crippen LogP contribution in [-0.4, -0.2) is 30.2 Å².